The van der Waals surface area contributed by atoms with E-state index in [4.69, 9.17) is 0 Å². The van der Waals surface area contributed by atoms with E-state index in [1.54, 1.807) is 0 Å². The number of benzene rings is 1. The van der Waals surface area contributed by atoms with E-state index in [0.29, 0.717) is 0 Å². The number of rotatable bonds is 1. The fourth-order valence-electron chi connectivity index (χ4n) is 3.04. The normalized spacial score (nSPS) is 18.7. The molecule has 2 aromatic rings. The molecule has 0 saturated carbocycles. The van der Waals surface area contributed by atoms with Gasteiger partial charge in [-0.05, 0) is 42.9 Å². The zero-order valence-electron chi connectivity index (χ0n) is 10.6. The van der Waals surface area contributed by atoms with Gasteiger partial charge in [-0.15, -0.1) is 0 Å². The minimum atomic E-state index is -0.323. The third-order valence-electron chi connectivity index (χ3n) is 4.08. The lowest BCUT2D eigenvalue weighted by atomic mass is 9.74. The van der Waals surface area contributed by atoms with Crippen LogP contribution < -0.4 is 5.32 Å². The van der Waals surface area contributed by atoms with Crippen molar-refractivity contribution in [3.63, 3.8) is 0 Å². The number of nitrogens with zero attached hydrogens (tertiary/aromatic N) is 2. The van der Waals surface area contributed by atoms with Crippen molar-refractivity contribution in [2.75, 3.05) is 13.1 Å². The van der Waals surface area contributed by atoms with Crippen molar-refractivity contribution in [3.8, 4) is 6.07 Å². The molecular weight excluding hydrogens is 222 g/mol. The molecule has 1 aromatic carbocycles. The standard InChI is InChI=1S/C15H17N3/c1-18-10-5-12-3-2-4-13(14(12)18)15(11-16)6-8-17-9-7-15/h2-5,10,17H,6-9H2,1H3. The summed E-state index contributed by atoms with van der Waals surface area (Å²) in [7, 11) is 2.05. The van der Waals surface area contributed by atoms with Gasteiger partial charge in [-0.25, -0.2) is 0 Å². The first-order valence-electron chi connectivity index (χ1n) is 6.43. The summed E-state index contributed by atoms with van der Waals surface area (Å²) in [6.07, 6.45) is 3.86. The first kappa shape index (κ1) is 11.3. The van der Waals surface area contributed by atoms with Crippen LogP contribution in [0, 0.1) is 11.3 Å². The highest BCUT2D eigenvalue weighted by atomic mass is 14.9. The maximum Gasteiger partial charge on any atom is 0.0866 e. The van der Waals surface area contributed by atoms with Gasteiger partial charge in [0.05, 0.1) is 17.0 Å². The maximum atomic E-state index is 9.70. The lowest BCUT2D eigenvalue weighted by molar-refractivity contribution is 0.384. The van der Waals surface area contributed by atoms with Crippen LogP contribution in [0.15, 0.2) is 30.5 Å². The van der Waals surface area contributed by atoms with Crippen LogP contribution in [0.2, 0.25) is 0 Å². The number of aryl methyl sites for hydroxylation is 1. The zero-order valence-corrected chi connectivity index (χ0v) is 10.6. The Balaban J connectivity index is 2.24. The van der Waals surface area contributed by atoms with Gasteiger partial charge in [0.1, 0.15) is 0 Å². The first-order chi connectivity index (χ1) is 8.77. The molecule has 1 N–H and O–H groups in total. The molecule has 0 spiro atoms. The Morgan fingerprint density at radius 3 is 2.78 bits per heavy atom. The number of nitriles is 1. The van der Waals surface area contributed by atoms with Gasteiger partial charge >= 0.3 is 0 Å². The van der Waals surface area contributed by atoms with Gasteiger partial charge < -0.3 is 9.88 Å². The Hall–Kier alpha value is -1.79. The Morgan fingerprint density at radius 1 is 1.28 bits per heavy atom. The number of nitrogens with one attached hydrogen (secondary N) is 1. The summed E-state index contributed by atoms with van der Waals surface area (Å²) >= 11 is 0. The van der Waals surface area contributed by atoms with Crippen LogP contribution in [0.3, 0.4) is 0 Å². The molecule has 1 aromatic heterocycles. The fourth-order valence-corrected chi connectivity index (χ4v) is 3.04. The van der Waals surface area contributed by atoms with Crippen LogP contribution >= 0.6 is 0 Å². The van der Waals surface area contributed by atoms with Gasteiger partial charge in [-0.3, -0.25) is 0 Å². The van der Waals surface area contributed by atoms with Gasteiger partial charge in [0.2, 0.25) is 0 Å². The highest BCUT2D eigenvalue weighted by Gasteiger charge is 2.35. The predicted octanol–water partition coefficient (Wildman–Crippen LogP) is 2.32. The smallest absolute Gasteiger partial charge is 0.0866 e. The van der Waals surface area contributed by atoms with Gasteiger partial charge in [0.15, 0.2) is 0 Å². The molecule has 1 aliphatic rings. The summed E-state index contributed by atoms with van der Waals surface area (Å²) in [6.45, 7) is 1.85. The van der Waals surface area contributed by atoms with Gasteiger partial charge in [-0.2, -0.15) is 5.26 Å². The second-order valence-electron chi connectivity index (χ2n) is 5.11. The van der Waals surface area contributed by atoms with E-state index < -0.39 is 0 Å². The number of aromatic nitrogens is 1. The number of hydrogen-bond donors (Lipinski definition) is 1. The highest BCUT2D eigenvalue weighted by molar-refractivity contribution is 5.84. The Labute approximate surface area is 107 Å². The van der Waals surface area contributed by atoms with Crippen molar-refractivity contribution < 1.29 is 0 Å². The molecule has 0 amide bonds. The van der Waals surface area contributed by atoms with Crippen LogP contribution in [0.5, 0.6) is 0 Å². The molecule has 2 heterocycles. The van der Waals surface area contributed by atoms with Crippen LogP contribution in [-0.2, 0) is 12.5 Å². The molecule has 18 heavy (non-hydrogen) atoms. The fraction of sp³-hybridized carbons (Fsp3) is 0.400. The molecule has 0 unspecified atom stereocenters. The number of hydrogen-bond acceptors (Lipinski definition) is 2. The SMILES string of the molecule is Cn1ccc2cccc(C3(C#N)CCNCC3)c21. The molecule has 1 saturated heterocycles. The lowest BCUT2D eigenvalue weighted by Crippen LogP contribution is -2.39. The van der Waals surface area contributed by atoms with Crippen LogP contribution in [-0.4, -0.2) is 17.7 Å². The van der Waals surface area contributed by atoms with Gasteiger partial charge in [0.25, 0.3) is 0 Å². The quantitative estimate of drug-likeness (QED) is 0.829. The number of piperidine rings is 1. The summed E-state index contributed by atoms with van der Waals surface area (Å²) in [5.74, 6) is 0. The van der Waals surface area contributed by atoms with E-state index >= 15 is 0 Å². The average Bonchev–Trinajstić information content (AvgIpc) is 2.81. The van der Waals surface area contributed by atoms with Crippen LogP contribution in [0.4, 0.5) is 0 Å². The number of para-hydroxylation sites is 1. The Bertz CT molecular complexity index is 612. The third kappa shape index (κ3) is 1.53. The molecule has 0 bridgehead atoms. The summed E-state index contributed by atoms with van der Waals surface area (Å²) in [4.78, 5) is 0. The number of fused-ring (bicyclic) bond motifs is 1. The van der Waals surface area contributed by atoms with Gasteiger partial charge in [-0.1, -0.05) is 18.2 Å². The summed E-state index contributed by atoms with van der Waals surface area (Å²) in [5, 5.41) is 14.3. The predicted molar refractivity (Wildman–Crippen MR) is 72.3 cm³/mol. The monoisotopic (exact) mass is 239 g/mol. The van der Waals surface area contributed by atoms with E-state index in [1.165, 1.54) is 16.5 Å². The Kier molecular flexibility index (Phi) is 2.61. The molecule has 3 nitrogen and oxygen atoms in total. The Morgan fingerprint density at radius 2 is 2.06 bits per heavy atom. The summed E-state index contributed by atoms with van der Waals surface area (Å²) < 4.78 is 2.13. The van der Waals surface area contributed by atoms with E-state index in [1.807, 2.05) is 0 Å². The molecule has 3 rings (SSSR count). The highest BCUT2D eigenvalue weighted by Crippen LogP contribution is 2.37. The van der Waals surface area contributed by atoms with Crippen molar-refractivity contribution in [3.05, 3.63) is 36.0 Å². The lowest BCUT2D eigenvalue weighted by Gasteiger charge is -2.32. The van der Waals surface area contributed by atoms with Crippen LogP contribution in [0.1, 0.15) is 18.4 Å². The molecule has 0 radical (unpaired) electrons. The van der Waals surface area contributed by atoms with Crippen molar-refractivity contribution >= 4 is 10.9 Å². The molecular formula is C15H17N3. The zero-order chi connectivity index (χ0) is 12.6. The molecule has 0 aliphatic carbocycles. The van der Waals surface area contributed by atoms with Crippen molar-refractivity contribution in [1.82, 2.24) is 9.88 Å². The van der Waals surface area contributed by atoms with E-state index in [2.05, 4.69) is 53.5 Å². The van der Waals surface area contributed by atoms with E-state index in [-0.39, 0.29) is 5.41 Å². The van der Waals surface area contributed by atoms with E-state index in [0.717, 1.165) is 25.9 Å². The van der Waals surface area contributed by atoms with E-state index in [9.17, 15) is 5.26 Å². The topological polar surface area (TPSA) is 40.8 Å². The van der Waals surface area contributed by atoms with Crippen LogP contribution in [0.25, 0.3) is 10.9 Å². The van der Waals surface area contributed by atoms with Gasteiger partial charge in [0, 0.05) is 13.2 Å². The molecule has 92 valence electrons. The van der Waals surface area contributed by atoms with Crippen molar-refractivity contribution in [2.24, 2.45) is 7.05 Å². The second-order valence-corrected chi connectivity index (χ2v) is 5.11. The third-order valence-corrected chi connectivity index (χ3v) is 4.08. The molecule has 3 heteroatoms. The summed E-state index contributed by atoms with van der Waals surface area (Å²) in [5.41, 5.74) is 2.08. The second kappa shape index (κ2) is 4.15. The molecule has 1 aliphatic heterocycles. The minimum Gasteiger partial charge on any atom is -0.350 e. The largest absolute Gasteiger partial charge is 0.350 e. The minimum absolute atomic E-state index is 0.323. The molecule has 0 atom stereocenters. The maximum absolute atomic E-state index is 9.70. The van der Waals surface area contributed by atoms with Crippen molar-refractivity contribution in [2.45, 2.75) is 18.3 Å². The average molecular weight is 239 g/mol. The summed E-state index contributed by atoms with van der Waals surface area (Å²) in [6, 6.07) is 11.0. The van der Waals surface area contributed by atoms with Crippen molar-refractivity contribution in [1.29, 1.82) is 5.26 Å². The first-order valence-corrected chi connectivity index (χ1v) is 6.43. The molecule has 1 fully saturated rings.